The average Bonchev–Trinajstić information content (AvgIpc) is 2.73. The Morgan fingerprint density at radius 3 is 2.76 bits per heavy atom. The molecule has 5 nitrogen and oxygen atoms in total. The van der Waals surface area contributed by atoms with Crippen molar-refractivity contribution in [2.24, 2.45) is 0 Å². The van der Waals surface area contributed by atoms with Crippen molar-refractivity contribution in [3.05, 3.63) is 71.8 Å². The standard InChI is InChI=1S/C24H24N2O3/c1-29-16-24(28)26-13-5-9-18-11-12-20(15-22(18)26)25-23(27)14-19-8-4-7-17-6-2-3-10-21(17)19/h2-4,6-8,10-12,15H,5,9,13-14,16H2,1H3,(H,25,27). The molecule has 0 bridgehead atoms. The molecule has 1 aliphatic heterocycles. The number of fused-ring (bicyclic) bond motifs is 2. The summed E-state index contributed by atoms with van der Waals surface area (Å²) in [5.74, 6) is -0.139. The Hall–Kier alpha value is -3.18. The van der Waals surface area contributed by atoms with E-state index in [4.69, 9.17) is 4.74 Å². The Balaban J connectivity index is 1.53. The largest absolute Gasteiger partial charge is 0.375 e. The van der Waals surface area contributed by atoms with Crippen LogP contribution in [0.5, 0.6) is 0 Å². The number of carbonyl (C=O) groups is 2. The zero-order valence-electron chi connectivity index (χ0n) is 16.5. The van der Waals surface area contributed by atoms with Crippen LogP contribution in [0, 0.1) is 0 Å². The molecule has 5 heteroatoms. The smallest absolute Gasteiger partial charge is 0.252 e. The molecule has 1 aliphatic rings. The molecule has 0 radical (unpaired) electrons. The van der Waals surface area contributed by atoms with E-state index < -0.39 is 0 Å². The fourth-order valence-corrected chi connectivity index (χ4v) is 3.94. The number of ether oxygens (including phenoxy) is 1. The van der Waals surface area contributed by atoms with Gasteiger partial charge in [0.05, 0.1) is 6.42 Å². The average molecular weight is 388 g/mol. The summed E-state index contributed by atoms with van der Waals surface area (Å²) in [5, 5.41) is 5.20. The molecule has 0 aliphatic carbocycles. The summed E-state index contributed by atoms with van der Waals surface area (Å²) < 4.78 is 5.01. The number of hydrogen-bond acceptors (Lipinski definition) is 3. The molecular weight excluding hydrogens is 364 g/mol. The van der Waals surface area contributed by atoms with Crippen LogP contribution in [-0.4, -0.2) is 32.1 Å². The van der Waals surface area contributed by atoms with Gasteiger partial charge in [0.15, 0.2) is 0 Å². The summed E-state index contributed by atoms with van der Waals surface area (Å²) in [6, 6.07) is 19.9. The second kappa shape index (κ2) is 8.45. The third-order valence-corrected chi connectivity index (χ3v) is 5.29. The highest BCUT2D eigenvalue weighted by Crippen LogP contribution is 2.30. The molecule has 4 rings (SSSR count). The van der Waals surface area contributed by atoms with Gasteiger partial charge in [0.2, 0.25) is 5.91 Å². The molecule has 2 amide bonds. The van der Waals surface area contributed by atoms with Crippen molar-refractivity contribution in [2.45, 2.75) is 19.3 Å². The zero-order valence-corrected chi connectivity index (χ0v) is 16.5. The Bertz CT molecular complexity index is 1060. The van der Waals surface area contributed by atoms with E-state index in [0.717, 1.165) is 40.4 Å². The topological polar surface area (TPSA) is 58.6 Å². The molecule has 0 aromatic heterocycles. The van der Waals surface area contributed by atoms with Crippen molar-refractivity contribution in [3.8, 4) is 0 Å². The fraction of sp³-hybridized carbons (Fsp3) is 0.250. The Morgan fingerprint density at radius 2 is 1.90 bits per heavy atom. The van der Waals surface area contributed by atoms with E-state index in [9.17, 15) is 9.59 Å². The summed E-state index contributed by atoms with van der Waals surface area (Å²) in [6.07, 6.45) is 2.15. The molecule has 0 saturated carbocycles. The van der Waals surface area contributed by atoms with Gasteiger partial charge < -0.3 is 15.0 Å². The highest BCUT2D eigenvalue weighted by atomic mass is 16.5. The van der Waals surface area contributed by atoms with Crippen molar-refractivity contribution < 1.29 is 14.3 Å². The van der Waals surface area contributed by atoms with Crippen LogP contribution in [-0.2, 0) is 27.2 Å². The molecule has 3 aromatic rings. The number of nitrogens with zero attached hydrogens (tertiary/aromatic N) is 1. The highest BCUT2D eigenvalue weighted by molar-refractivity contribution is 5.99. The normalized spacial score (nSPS) is 13.2. The monoisotopic (exact) mass is 388 g/mol. The number of aryl methyl sites for hydroxylation is 1. The maximum Gasteiger partial charge on any atom is 0.252 e. The van der Waals surface area contributed by atoms with Gasteiger partial charge in [-0.1, -0.05) is 48.5 Å². The molecule has 1 N–H and O–H groups in total. The molecule has 148 valence electrons. The number of nitrogens with one attached hydrogen (secondary N) is 1. The highest BCUT2D eigenvalue weighted by Gasteiger charge is 2.23. The Kier molecular flexibility index (Phi) is 5.58. The third-order valence-electron chi connectivity index (χ3n) is 5.29. The van der Waals surface area contributed by atoms with Crippen LogP contribution in [0.4, 0.5) is 11.4 Å². The van der Waals surface area contributed by atoms with Crippen molar-refractivity contribution in [3.63, 3.8) is 0 Å². The molecule has 0 fully saturated rings. The molecule has 0 unspecified atom stereocenters. The molecule has 0 atom stereocenters. The fourth-order valence-electron chi connectivity index (χ4n) is 3.94. The number of carbonyl (C=O) groups excluding carboxylic acids is 2. The van der Waals surface area contributed by atoms with E-state index in [0.29, 0.717) is 18.7 Å². The van der Waals surface area contributed by atoms with Gasteiger partial charge in [-0.15, -0.1) is 0 Å². The van der Waals surface area contributed by atoms with E-state index in [1.165, 1.54) is 7.11 Å². The van der Waals surface area contributed by atoms with Crippen LogP contribution < -0.4 is 10.2 Å². The lowest BCUT2D eigenvalue weighted by Gasteiger charge is -2.30. The van der Waals surface area contributed by atoms with E-state index in [1.807, 2.05) is 60.7 Å². The molecule has 0 saturated heterocycles. The first-order chi connectivity index (χ1) is 14.2. The Morgan fingerprint density at radius 1 is 1.07 bits per heavy atom. The minimum absolute atomic E-state index is 0.0527. The summed E-state index contributed by atoms with van der Waals surface area (Å²) >= 11 is 0. The number of hydrogen-bond donors (Lipinski definition) is 1. The summed E-state index contributed by atoms with van der Waals surface area (Å²) in [4.78, 5) is 26.8. The first-order valence-corrected chi connectivity index (χ1v) is 9.84. The van der Waals surface area contributed by atoms with Gasteiger partial charge in [-0.3, -0.25) is 9.59 Å². The van der Waals surface area contributed by atoms with Crippen LogP contribution in [0.3, 0.4) is 0 Å². The van der Waals surface area contributed by atoms with E-state index >= 15 is 0 Å². The van der Waals surface area contributed by atoms with E-state index in [2.05, 4.69) is 5.32 Å². The molecule has 29 heavy (non-hydrogen) atoms. The second-order valence-electron chi connectivity index (χ2n) is 7.29. The minimum atomic E-state index is -0.0770. The van der Waals surface area contributed by atoms with Crippen LogP contribution in [0.2, 0.25) is 0 Å². The summed E-state index contributed by atoms with van der Waals surface area (Å²) in [7, 11) is 1.52. The van der Waals surface area contributed by atoms with Crippen molar-refractivity contribution >= 4 is 34.0 Å². The number of benzene rings is 3. The van der Waals surface area contributed by atoms with Crippen LogP contribution in [0.15, 0.2) is 60.7 Å². The van der Waals surface area contributed by atoms with Gasteiger partial charge in [-0.25, -0.2) is 0 Å². The SMILES string of the molecule is COCC(=O)N1CCCc2ccc(NC(=O)Cc3cccc4ccccc34)cc21. The predicted molar refractivity (Wildman–Crippen MR) is 115 cm³/mol. The first kappa shape index (κ1) is 19.2. The van der Waals surface area contributed by atoms with Crippen LogP contribution in [0.25, 0.3) is 10.8 Å². The summed E-state index contributed by atoms with van der Waals surface area (Å²) in [5.41, 5.74) is 3.68. The number of rotatable bonds is 5. The lowest BCUT2D eigenvalue weighted by atomic mass is 10.0. The maximum absolute atomic E-state index is 12.7. The molecule has 1 heterocycles. The minimum Gasteiger partial charge on any atom is -0.375 e. The number of amides is 2. The van der Waals surface area contributed by atoms with Gasteiger partial charge in [0.25, 0.3) is 5.91 Å². The van der Waals surface area contributed by atoms with Gasteiger partial charge in [0.1, 0.15) is 6.61 Å². The van der Waals surface area contributed by atoms with Crippen LogP contribution >= 0.6 is 0 Å². The van der Waals surface area contributed by atoms with Crippen molar-refractivity contribution in [1.29, 1.82) is 0 Å². The van der Waals surface area contributed by atoms with Gasteiger partial charge in [-0.05, 0) is 46.9 Å². The quantitative estimate of drug-likeness (QED) is 0.720. The van der Waals surface area contributed by atoms with Crippen molar-refractivity contribution in [1.82, 2.24) is 0 Å². The predicted octanol–water partition coefficient (Wildman–Crippen LogP) is 3.95. The van der Waals surface area contributed by atoms with Gasteiger partial charge >= 0.3 is 0 Å². The second-order valence-corrected chi connectivity index (χ2v) is 7.29. The first-order valence-electron chi connectivity index (χ1n) is 9.84. The Labute approximate surface area is 170 Å². The molecule has 3 aromatic carbocycles. The molecule has 0 spiro atoms. The van der Waals surface area contributed by atoms with E-state index in [-0.39, 0.29) is 18.4 Å². The van der Waals surface area contributed by atoms with Gasteiger partial charge in [-0.2, -0.15) is 0 Å². The van der Waals surface area contributed by atoms with Crippen molar-refractivity contribution in [2.75, 3.05) is 30.5 Å². The molecular formula is C24H24N2O3. The van der Waals surface area contributed by atoms with Gasteiger partial charge in [0, 0.05) is 25.0 Å². The zero-order chi connectivity index (χ0) is 20.2. The summed E-state index contributed by atoms with van der Waals surface area (Å²) in [6.45, 7) is 0.722. The lowest BCUT2D eigenvalue weighted by Crippen LogP contribution is -2.37. The van der Waals surface area contributed by atoms with E-state index in [1.54, 1.807) is 4.90 Å². The third kappa shape index (κ3) is 4.15. The lowest BCUT2D eigenvalue weighted by molar-refractivity contribution is -0.122. The number of methoxy groups -OCH3 is 1. The maximum atomic E-state index is 12.7. The number of anilines is 2. The van der Waals surface area contributed by atoms with Crippen LogP contribution in [0.1, 0.15) is 17.5 Å².